The molecule has 182 valence electrons. The third-order valence-electron chi connectivity index (χ3n) is 6.86. The first kappa shape index (κ1) is 24.9. The monoisotopic (exact) mass is 457 g/mol. The van der Waals surface area contributed by atoms with Gasteiger partial charge in [0.25, 0.3) is 5.91 Å². The Hall–Kier alpha value is -2.77. The highest BCUT2D eigenvalue weighted by Crippen LogP contribution is 2.31. The molecule has 0 bridgehead atoms. The van der Waals surface area contributed by atoms with Crippen molar-refractivity contribution in [1.82, 2.24) is 15.1 Å². The maximum atomic E-state index is 13.4. The number of amides is 3. The number of hydrogen-bond acceptors (Lipinski definition) is 4. The van der Waals surface area contributed by atoms with Gasteiger partial charge in [0.15, 0.2) is 5.96 Å². The number of hydrogen-bond donors (Lipinski definition) is 3. The van der Waals surface area contributed by atoms with Crippen LogP contribution in [-0.2, 0) is 4.79 Å². The molecule has 8 nitrogen and oxygen atoms in total. The number of benzene rings is 1. The zero-order valence-electron chi connectivity index (χ0n) is 20.3. The number of methoxy groups -OCH3 is 1. The van der Waals surface area contributed by atoms with E-state index in [4.69, 9.17) is 10.1 Å². The van der Waals surface area contributed by atoms with E-state index in [0.29, 0.717) is 31.1 Å². The fourth-order valence-electron chi connectivity index (χ4n) is 4.78. The van der Waals surface area contributed by atoms with Gasteiger partial charge in [0.2, 0.25) is 0 Å². The molecule has 2 aliphatic heterocycles. The summed E-state index contributed by atoms with van der Waals surface area (Å²) in [6, 6.07) is 7.20. The van der Waals surface area contributed by atoms with Crippen molar-refractivity contribution in [2.75, 3.05) is 32.1 Å². The van der Waals surface area contributed by atoms with Crippen LogP contribution < -0.4 is 15.4 Å². The summed E-state index contributed by atoms with van der Waals surface area (Å²) >= 11 is 0. The third-order valence-corrected chi connectivity index (χ3v) is 6.86. The molecule has 2 aliphatic rings. The summed E-state index contributed by atoms with van der Waals surface area (Å²) in [4.78, 5) is 29.5. The number of rotatable bonds is 10. The minimum atomic E-state index is -0.611. The van der Waals surface area contributed by atoms with E-state index in [-0.39, 0.29) is 23.8 Å². The standard InChI is InChI=1S/C25H39N5O3/c1-4-6-13-25(14-7-5-2)22(31)30(23(26)28-25)18-19-11-15-29(16-12-19)24(32)27-20-9-8-10-21(17-20)33-3/h8-10,17,19H,4-7,11-16,18H2,1-3H3,(H2,26,28)(H,27,32). The lowest BCUT2D eigenvalue weighted by atomic mass is 9.86. The smallest absolute Gasteiger partial charge is 0.321 e. The van der Waals surface area contributed by atoms with Crippen molar-refractivity contribution in [2.45, 2.75) is 70.8 Å². The van der Waals surface area contributed by atoms with Crippen molar-refractivity contribution in [3.8, 4) is 5.75 Å². The van der Waals surface area contributed by atoms with E-state index in [1.54, 1.807) is 18.1 Å². The molecule has 2 fully saturated rings. The zero-order valence-corrected chi connectivity index (χ0v) is 20.3. The summed E-state index contributed by atoms with van der Waals surface area (Å²) < 4.78 is 5.21. The van der Waals surface area contributed by atoms with E-state index < -0.39 is 5.54 Å². The van der Waals surface area contributed by atoms with E-state index >= 15 is 0 Å². The van der Waals surface area contributed by atoms with Crippen LogP contribution in [-0.4, -0.2) is 60.0 Å². The Bertz CT molecular complexity index is 827. The van der Waals surface area contributed by atoms with Crippen LogP contribution in [0.2, 0.25) is 0 Å². The van der Waals surface area contributed by atoms with Gasteiger partial charge in [-0.05, 0) is 43.7 Å². The van der Waals surface area contributed by atoms with E-state index in [1.807, 2.05) is 23.1 Å². The molecule has 0 spiro atoms. The van der Waals surface area contributed by atoms with Crippen molar-refractivity contribution in [2.24, 2.45) is 5.92 Å². The number of urea groups is 1. The van der Waals surface area contributed by atoms with Crippen molar-refractivity contribution in [3.05, 3.63) is 24.3 Å². The molecule has 33 heavy (non-hydrogen) atoms. The molecule has 8 heteroatoms. The Labute approximate surface area is 197 Å². The van der Waals surface area contributed by atoms with Gasteiger partial charge in [0.1, 0.15) is 11.3 Å². The number of guanidine groups is 1. The predicted molar refractivity (Wildman–Crippen MR) is 131 cm³/mol. The predicted octanol–water partition coefficient (Wildman–Crippen LogP) is 4.42. The van der Waals surface area contributed by atoms with Crippen LogP contribution in [0.1, 0.15) is 65.2 Å². The molecule has 2 saturated heterocycles. The van der Waals surface area contributed by atoms with Crippen molar-refractivity contribution in [3.63, 3.8) is 0 Å². The van der Waals surface area contributed by atoms with Crippen LogP contribution in [0.15, 0.2) is 24.3 Å². The van der Waals surface area contributed by atoms with Gasteiger partial charge in [-0.25, -0.2) is 4.79 Å². The van der Waals surface area contributed by atoms with Crippen molar-refractivity contribution < 1.29 is 14.3 Å². The van der Waals surface area contributed by atoms with Gasteiger partial charge < -0.3 is 20.3 Å². The van der Waals surface area contributed by atoms with E-state index in [2.05, 4.69) is 24.5 Å². The summed E-state index contributed by atoms with van der Waals surface area (Å²) in [5.74, 6) is 1.29. The second-order valence-corrected chi connectivity index (χ2v) is 9.27. The minimum Gasteiger partial charge on any atom is -0.497 e. The SMILES string of the molecule is CCCCC1(CCCC)NC(=N)N(CC2CCN(C(=O)Nc3cccc(OC)c3)CC2)C1=O. The first-order valence-electron chi connectivity index (χ1n) is 12.3. The van der Waals surface area contributed by atoms with E-state index in [0.717, 1.165) is 51.4 Å². The molecule has 0 saturated carbocycles. The topological polar surface area (TPSA) is 97.8 Å². The van der Waals surface area contributed by atoms with E-state index in [9.17, 15) is 9.59 Å². The Morgan fingerprint density at radius 1 is 1.21 bits per heavy atom. The van der Waals surface area contributed by atoms with Gasteiger partial charge in [-0.2, -0.15) is 0 Å². The maximum absolute atomic E-state index is 13.4. The van der Waals surface area contributed by atoms with Gasteiger partial charge in [0, 0.05) is 31.4 Å². The fourth-order valence-corrected chi connectivity index (χ4v) is 4.78. The normalized spacial score (nSPS) is 18.4. The highest BCUT2D eigenvalue weighted by Gasteiger charge is 2.48. The Balaban J connectivity index is 1.54. The largest absolute Gasteiger partial charge is 0.497 e. The minimum absolute atomic E-state index is 0.0626. The number of anilines is 1. The van der Waals surface area contributed by atoms with Crippen LogP contribution in [0.5, 0.6) is 5.75 Å². The van der Waals surface area contributed by atoms with Gasteiger partial charge in [0.05, 0.1) is 7.11 Å². The number of nitrogens with zero attached hydrogens (tertiary/aromatic N) is 2. The molecule has 3 N–H and O–H groups in total. The lowest BCUT2D eigenvalue weighted by molar-refractivity contribution is -0.132. The molecule has 2 heterocycles. The first-order valence-corrected chi connectivity index (χ1v) is 12.3. The average Bonchev–Trinajstić information content (AvgIpc) is 3.06. The van der Waals surface area contributed by atoms with Crippen LogP contribution in [0.25, 0.3) is 0 Å². The highest BCUT2D eigenvalue weighted by molar-refractivity contribution is 6.07. The molecule has 0 unspecified atom stereocenters. The molecule has 1 aromatic carbocycles. The van der Waals surface area contributed by atoms with Gasteiger partial charge in [-0.15, -0.1) is 0 Å². The Morgan fingerprint density at radius 2 is 1.88 bits per heavy atom. The van der Waals surface area contributed by atoms with Gasteiger partial charge in [-0.3, -0.25) is 15.1 Å². The molecule has 3 amide bonds. The zero-order chi connectivity index (χ0) is 23.8. The second-order valence-electron chi connectivity index (χ2n) is 9.27. The summed E-state index contributed by atoms with van der Waals surface area (Å²) in [6.07, 6.45) is 7.22. The van der Waals surface area contributed by atoms with Crippen LogP contribution >= 0.6 is 0 Å². The molecule has 3 rings (SSSR count). The molecular weight excluding hydrogens is 418 g/mol. The lowest BCUT2D eigenvalue weighted by Crippen LogP contribution is -2.47. The highest BCUT2D eigenvalue weighted by atomic mass is 16.5. The van der Waals surface area contributed by atoms with Crippen molar-refractivity contribution >= 4 is 23.6 Å². The second kappa shape index (κ2) is 11.4. The maximum Gasteiger partial charge on any atom is 0.321 e. The van der Waals surface area contributed by atoms with E-state index in [1.165, 1.54) is 0 Å². The summed E-state index contributed by atoms with van der Waals surface area (Å²) in [7, 11) is 1.60. The first-order chi connectivity index (χ1) is 15.9. The van der Waals surface area contributed by atoms with Crippen LogP contribution in [0.3, 0.4) is 0 Å². The number of carbonyl (C=O) groups is 2. The number of unbranched alkanes of at least 4 members (excludes halogenated alkanes) is 2. The Morgan fingerprint density at radius 3 is 2.48 bits per heavy atom. The number of nitrogens with one attached hydrogen (secondary N) is 3. The molecule has 0 atom stereocenters. The third kappa shape index (κ3) is 5.97. The number of likely N-dealkylation sites (tertiary alicyclic amines) is 1. The van der Waals surface area contributed by atoms with Crippen LogP contribution in [0, 0.1) is 11.3 Å². The number of carbonyl (C=O) groups excluding carboxylic acids is 2. The van der Waals surface area contributed by atoms with Crippen LogP contribution in [0.4, 0.5) is 10.5 Å². The number of piperidine rings is 1. The Kier molecular flexibility index (Phi) is 8.58. The fraction of sp³-hybridized carbons (Fsp3) is 0.640. The number of ether oxygens (including phenoxy) is 1. The van der Waals surface area contributed by atoms with Crippen molar-refractivity contribution in [1.29, 1.82) is 5.41 Å². The van der Waals surface area contributed by atoms with Gasteiger partial charge in [-0.1, -0.05) is 45.6 Å². The molecular formula is C25H39N5O3. The molecule has 0 aromatic heterocycles. The summed E-state index contributed by atoms with van der Waals surface area (Å²) in [5, 5.41) is 14.7. The summed E-state index contributed by atoms with van der Waals surface area (Å²) in [6.45, 7) is 6.10. The molecule has 0 aliphatic carbocycles. The lowest BCUT2D eigenvalue weighted by Gasteiger charge is -2.34. The summed E-state index contributed by atoms with van der Waals surface area (Å²) in [5.41, 5.74) is 0.0969. The molecule has 0 radical (unpaired) electrons. The van der Waals surface area contributed by atoms with Gasteiger partial charge >= 0.3 is 6.03 Å². The molecule has 1 aromatic rings. The quantitative estimate of drug-likeness (QED) is 0.484. The average molecular weight is 458 g/mol.